The third-order valence-electron chi connectivity index (χ3n) is 3.85. The predicted molar refractivity (Wildman–Crippen MR) is 65.6 cm³/mol. The highest BCUT2D eigenvalue weighted by Crippen LogP contribution is 2.33. The maximum Gasteiger partial charge on any atom is 0.00278 e. The average Bonchev–Trinajstić information content (AvgIpc) is 2.66. The van der Waals surface area contributed by atoms with Crippen LogP contribution in [0.2, 0.25) is 0 Å². The SMILES string of the molecule is CN/C=C(/C=C/C1CCC1)C1CCCC1. The van der Waals surface area contributed by atoms with Gasteiger partial charge >= 0.3 is 0 Å². The molecule has 0 radical (unpaired) electrons. The van der Waals surface area contributed by atoms with Crippen molar-refractivity contribution in [3.63, 3.8) is 0 Å². The molecule has 0 spiro atoms. The maximum absolute atomic E-state index is 3.19. The van der Waals surface area contributed by atoms with E-state index in [9.17, 15) is 0 Å². The van der Waals surface area contributed by atoms with Crippen LogP contribution in [0.3, 0.4) is 0 Å². The minimum absolute atomic E-state index is 0.828. The molecule has 0 atom stereocenters. The molecule has 0 amide bonds. The Hall–Kier alpha value is -0.720. The Morgan fingerprint density at radius 3 is 2.33 bits per heavy atom. The molecule has 0 unspecified atom stereocenters. The Morgan fingerprint density at radius 1 is 1.07 bits per heavy atom. The molecule has 0 aromatic heterocycles. The van der Waals surface area contributed by atoms with Gasteiger partial charge in [0, 0.05) is 7.05 Å². The second kappa shape index (κ2) is 5.39. The molecule has 1 nitrogen and oxygen atoms in total. The predicted octanol–water partition coefficient (Wildman–Crippen LogP) is 3.64. The summed E-state index contributed by atoms with van der Waals surface area (Å²) in [6.07, 6.45) is 16.9. The Morgan fingerprint density at radius 2 is 1.80 bits per heavy atom. The topological polar surface area (TPSA) is 12.0 Å². The van der Waals surface area contributed by atoms with Crippen molar-refractivity contribution in [1.29, 1.82) is 0 Å². The van der Waals surface area contributed by atoms with Gasteiger partial charge in [-0.05, 0) is 49.3 Å². The Kier molecular flexibility index (Phi) is 3.87. The largest absolute Gasteiger partial charge is 0.394 e. The molecule has 0 bridgehead atoms. The van der Waals surface area contributed by atoms with Crippen molar-refractivity contribution in [3.8, 4) is 0 Å². The van der Waals surface area contributed by atoms with E-state index >= 15 is 0 Å². The van der Waals surface area contributed by atoms with E-state index in [1.807, 2.05) is 7.05 Å². The Balaban J connectivity index is 1.92. The number of hydrogen-bond donors (Lipinski definition) is 1. The van der Waals surface area contributed by atoms with Crippen LogP contribution in [0, 0.1) is 11.8 Å². The van der Waals surface area contributed by atoms with Gasteiger partial charge in [0.2, 0.25) is 0 Å². The van der Waals surface area contributed by atoms with E-state index in [4.69, 9.17) is 0 Å². The van der Waals surface area contributed by atoms with Gasteiger partial charge in [0.05, 0.1) is 0 Å². The molecule has 84 valence electrons. The molecule has 0 heterocycles. The first-order chi connectivity index (χ1) is 7.40. The van der Waals surface area contributed by atoms with E-state index in [1.54, 1.807) is 0 Å². The molecule has 0 aromatic carbocycles. The third kappa shape index (κ3) is 2.87. The first-order valence-electron chi connectivity index (χ1n) is 6.45. The fourth-order valence-electron chi connectivity index (χ4n) is 2.61. The molecule has 0 saturated heterocycles. The van der Waals surface area contributed by atoms with Crippen molar-refractivity contribution >= 4 is 0 Å². The summed E-state index contributed by atoms with van der Waals surface area (Å²) < 4.78 is 0. The second-order valence-electron chi connectivity index (χ2n) is 4.96. The Labute approximate surface area is 93.6 Å². The van der Waals surface area contributed by atoms with Gasteiger partial charge in [0.15, 0.2) is 0 Å². The van der Waals surface area contributed by atoms with Gasteiger partial charge in [-0.15, -0.1) is 0 Å². The summed E-state index contributed by atoms with van der Waals surface area (Å²) in [6, 6.07) is 0. The lowest BCUT2D eigenvalue weighted by atomic mass is 9.84. The van der Waals surface area contributed by atoms with Crippen molar-refractivity contribution in [2.45, 2.75) is 44.9 Å². The normalized spacial score (nSPS) is 24.7. The van der Waals surface area contributed by atoms with Crippen LogP contribution in [0.4, 0.5) is 0 Å². The first kappa shape index (κ1) is 10.8. The van der Waals surface area contributed by atoms with Crippen molar-refractivity contribution < 1.29 is 0 Å². The fraction of sp³-hybridized carbons (Fsp3) is 0.714. The molecule has 2 aliphatic carbocycles. The van der Waals surface area contributed by atoms with Gasteiger partial charge in [0.1, 0.15) is 0 Å². The molecule has 1 N–H and O–H groups in total. The average molecular weight is 205 g/mol. The van der Waals surface area contributed by atoms with Crippen molar-refractivity contribution in [2.24, 2.45) is 11.8 Å². The lowest BCUT2D eigenvalue weighted by Gasteiger charge is -2.22. The molecule has 2 rings (SSSR count). The monoisotopic (exact) mass is 205 g/mol. The summed E-state index contributed by atoms with van der Waals surface area (Å²) in [4.78, 5) is 0. The summed E-state index contributed by atoms with van der Waals surface area (Å²) in [6.45, 7) is 0. The minimum atomic E-state index is 0.828. The van der Waals surface area contributed by atoms with Crippen LogP contribution in [0.5, 0.6) is 0 Å². The number of rotatable bonds is 4. The molecule has 2 fully saturated rings. The smallest absolute Gasteiger partial charge is 0.00278 e. The van der Waals surface area contributed by atoms with E-state index in [-0.39, 0.29) is 0 Å². The molecule has 0 aromatic rings. The molecule has 15 heavy (non-hydrogen) atoms. The molecule has 2 aliphatic rings. The molecule has 1 heteroatoms. The maximum atomic E-state index is 3.19. The third-order valence-corrected chi connectivity index (χ3v) is 3.85. The standard InChI is InChI=1S/C14H23N/c1-15-11-14(13-7-2-3-8-13)10-9-12-5-4-6-12/h9-13,15H,2-8H2,1H3/b10-9+,14-11-. The lowest BCUT2D eigenvalue weighted by molar-refractivity contribution is 0.387. The molecule has 2 saturated carbocycles. The van der Waals surface area contributed by atoms with Gasteiger partial charge in [-0.2, -0.15) is 0 Å². The van der Waals surface area contributed by atoms with Gasteiger partial charge < -0.3 is 5.32 Å². The van der Waals surface area contributed by atoms with Crippen LogP contribution in [0.15, 0.2) is 23.9 Å². The van der Waals surface area contributed by atoms with Gasteiger partial charge in [0.25, 0.3) is 0 Å². The summed E-state index contributed by atoms with van der Waals surface area (Å²) in [7, 11) is 2.01. The quantitative estimate of drug-likeness (QED) is 0.691. The lowest BCUT2D eigenvalue weighted by Crippen LogP contribution is -2.08. The summed E-state index contributed by atoms with van der Waals surface area (Å²) in [5, 5.41) is 3.19. The summed E-state index contributed by atoms with van der Waals surface area (Å²) in [5.41, 5.74) is 1.53. The highest BCUT2D eigenvalue weighted by Gasteiger charge is 2.19. The van der Waals surface area contributed by atoms with Crippen LogP contribution in [-0.4, -0.2) is 7.05 Å². The zero-order chi connectivity index (χ0) is 10.5. The highest BCUT2D eigenvalue weighted by molar-refractivity contribution is 5.23. The molecular weight excluding hydrogens is 182 g/mol. The van der Waals surface area contributed by atoms with E-state index < -0.39 is 0 Å². The summed E-state index contributed by atoms with van der Waals surface area (Å²) in [5.74, 6) is 1.71. The molecular formula is C14H23N. The number of nitrogens with one attached hydrogen (secondary N) is 1. The van der Waals surface area contributed by atoms with Crippen LogP contribution >= 0.6 is 0 Å². The van der Waals surface area contributed by atoms with Crippen LogP contribution in [0.25, 0.3) is 0 Å². The van der Waals surface area contributed by atoms with Crippen molar-refractivity contribution in [1.82, 2.24) is 5.32 Å². The van der Waals surface area contributed by atoms with Crippen molar-refractivity contribution in [2.75, 3.05) is 7.05 Å². The zero-order valence-electron chi connectivity index (χ0n) is 9.84. The van der Waals surface area contributed by atoms with Crippen LogP contribution in [0.1, 0.15) is 44.9 Å². The van der Waals surface area contributed by atoms with Gasteiger partial charge in [-0.3, -0.25) is 0 Å². The van der Waals surface area contributed by atoms with Crippen LogP contribution < -0.4 is 5.32 Å². The Bertz CT molecular complexity index is 242. The van der Waals surface area contributed by atoms with E-state index in [0.29, 0.717) is 0 Å². The van der Waals surface area contributed by atoms with Gasteiger partial charge in [-0.25, -0.2) is 0 Å². The number of allylic oxidation sites excluding steroid dienone is 3. The van der Waals surface area contributed by atoms with Crippen molar-refractivity contribution in [3.05, 3.63) is 23.9 Å². The summed E-state index contributed by atoms with van der Waals surface area (Å²) >= 11 is 0. The highest BCUT2D eigenvalue weighted by atomic mass is 14.8. The minimum Gasteiger partial charge on any atom is -0.394 e. The zero-order valence-corrected chi connectivity index (χ0v) is 9.84. The first-order valence-corrected chi connectivity index (χ1v) is 6.45. The van der Waals surface area contributed by atoms with Gasteiger partial charge in [-0.1, -0.05) is 31.4 Å². The van der Waals surface area contributed by atoms with E-state index in [1.165, 1.54) is 50.5 Å². The number of hydrogen-bond acceptors (Lipinski definition) is 1. The fourth-order valence-corrected chi connectivity index (χ4v) is 2.61. The molecule has 0 aliphatic heterocycles. The van der Waals surface area contributed by atoms with E-state index in [2.05, 4.69) is 23.7 Å². The van der Waals surface area contributed by atoms with Crippen LogP contribution in [-0.2, 0) is 0 Å². The van der Waals surface area contributed by atoms with E-state index in [0.717, 1.165) is 11.8 Å². The second-order valence-corrected chi connectivity index (χ2v) is 4.96.